The van der Waals surface area contributed by atoms with Crippen LogP contribution in [0.1, 0.15) is 105 Å². The SMILES string of the molecule is CCc1cc(CC)c(C(N)CC[N](CC(N)c2c(CC)cc(CC)cc2CC)[Co]([Cl])[Cl])c(CC)c1. The molecule has 0 heterocycles. The number of rotatable bonds is 14. The van der Waals surface area contributed by atoms with Gasteiger partial charge in [-0.25, -0.2) is 0 Å². The minimum atomic E-state index is -1.29. The molecule has 0 saturated heterocycles. The fourth-order valence-corrected chi connectivity index (χ4v) is 6.64. The summed E-state index contributed by atoms with van der Waals surface area (Å²) in [6, 6.07) is 9.11. The normalized spacial score (nSPS) is 13.9. The van der Waals surface area contributed by atoms with Crippen LogP contribution in [0.5, 0.6) is 0 Å². The Balaban J connectivity index is 2.25. The quantitative estimate of drug-likeness (QED) is 0.253. The van der Waals surface area contributed by atoms with Gasteiger partial charge in [-0.3, -0.25) is 0 Å². The van der Waals surface area contributed by atoms with E-state index in [9.17, 15) is 0 Å². The molecule has 2 aromatic rings. The number of aryl methyl sites for hydroxylation is 6. The van der Waals surface area contributed by atoms with Crippen molar-refractivity contribution in [3.63, 3.8) is 0 Å². The van der Waals surface area contributed by atoms with Crippen LogP contribution in [0, 0.1) is 0 Å². The monoisotopic (exact) mass is 565 g/mol. The van der Waals surface area contributed by atoms with Gasteiger partial charge in [0.05, 0.1) is 0 Å². The number of hydrogen-bond donors (Lipinski definition) is 2. The summed E-state index contributed by atoms with van der Waals surface area (Å²) in [6.07, 6.45) is 6.80. The number of benzene rings is 2. The van der Waals surface area contributed by atoms with Crippen molar-refractivity contribution in [2.24, 2.45) is 11.5 Å². The molecule has 2 atom stereocenters. The molecule has 0 bridgehead atoms. The minimum absolute atomic E-state index is 0.0475. The van der Waals surface area contributed by atoms with Crippen LogP contribution in [0.25, 0.3) is 0 Å². The maximum absolute atomic E-state index is 6.84. The summed E-state index contributed by atoms with van der Waals surface area (Å²) in [5, 5.41) is 0. The number of nitrogens with two attached hydrogens (primary N) is 2. The van der Waals surface area contributed by atoms with Crippen molar-refractivity contribution in [1.82, 2.24) is 3.95 Å². The Morgan fingerprint density at radius 1 is 0.657 bits per heavy atom. The Morgan fingerprint density at radius 2 is 1.03 bits per heavy atom. The second-order valence-corrected chi connectivity index (χ2v) is 12.9. The van der Waals surface area contributed by atoms with E-state index in [0.29, 0.717) is 6.54 Å². The van der Waals surface area contributed by atoms with Gasteiger partial charge in [-0.15, -0.1) is 0 Å². The fourth-order valence-electron chi connectivity index (χ4n) is 5.14. The van der Waals surface area contributed by atoms with Crippen molar-refractivity contribution in [3.05, 3.63) is 68.8 Å². The standard InChI is InChI=1S/C29H46N3.2ClH.Co/c1-7-20-15-22(9-3)28(23(10-4)16-20)26(30)13-14-32-19-27(31)29-24(11-5)17-21(8-2)18-25(29)12-6;;;/h15-18,26-27H,7-14,19,30-31H2,1-6H3;2*1H;/q-1;;;+3/p-2. The van der Waals surface area contributed by atoms with E-state index in [4.69, 9.17) is 31.8 Å². The zero-order valence-corrected chi connectivity index (χ0v) is 25.1. The van der Waals surface area contributed by atoms with Crippen LogP contribution in [-0.4, -0.2) is 17.0 Å². The Kier molecular flexibility index (Phi) is 13.1. The van der Waals surface area contributed by atoms with Crippen LogP contribution in [0.2, 0.25) is 0 Å². The average Bonchev–Trinajstić information content (AvgIpc) is 2.88. The van der Waals surface area contributed by atoms with Gasteiger partial charge in [0.25, 0.3) is 0 Å². The van der Waals surface area contributed by atoms with Gasteiger partial charge in [0.1, 0.15) is 0 Å². The summed E-state index contributed by atoms with van der Waals surface area (Å²) < 4.78 is 2.13. The van der Waals surface area contributed by atoms with Crippen molar-refractivity contribution in [1.29, 1.82) is 0 Å². The van der Waals surface area contributed by atoms with E-state index in [1.807, 2.05) is 0 Å². The van der Waals surface area contributed by atoms with Crippen molar-refractivity contribution in [2.45, 2.75) is 98.6 Å². The molecule has 3 nitrogen and oxygen atoms in total. The Labute approximate surface area is 227 Å². The third kappa shape index (κ3) is 7.94. The molecule has 0 amide bonds. The molecule has 4 N–H and O–H groups in total. The molecule has 35 heavy (non-hydrogen) atoms. The van der Waals surface area contributed by atoms with Crippen molar-refractivity contribution >= 4 is 20.3 Å². The average molecular weight is 567 g/mol. The third-order valence-corrected chi connectivity index (χ3v) is 9.36. The van der Waals surface area contributed by atoms with E-state index in [0.717, 1.165) is 51.5 Å². The van der Waals surface area contributed by atoms with Gasteiger partial charge < -0.3 is 0 Å². The van der Waals surface area contributed by atoms with E-state index in [1.54, 1.807) is 0 Å². The number of hydrogen-bond acceptors (Lipinski definition) is 3. The predicted molar refractivity (Wildman–Crippen MR) is 151 cm³/mol. The molecule has 200 valence electrons. The first-order valence-electron chi connectivity index (χ1n) is 13.3. The van der Waals surface area contributed by atoms with Gasteiger partial charge >= 0.3 is 228 Å². The van der Waals surface area contributed by atoms with Gasteiger partial charge in [-0.05, 0) is 0 Å². The van der Waals surface area contributed by atoms with Gasteiger partial charge in [0, 0.05) is 0 Å². The summed E-state index contributed by atoms with van der Waals surface area (Å²) in [5.41, 5.74) is 24.4. The second kappa shape index (κ2) is 15.0. The molecule has 0 aliphatic rings. The molecule has 0 fully saturated rings. The molecule has 0 aromatic heterocycles. The molecule has 0 aliphatic heterocycles. The van der Waals surface area contributed by atoms with Crippen LogP contribution < -0.4 is 11.5 Å². The van der Waals surface area contributed by atoms with Crippen molar-refractivity contribution in [3.8, 4) is 0 Å². The molecule has 2 aromatic carbocycles. The molecule has 2 rings (SSSR count). The van der Waals surface area contributed by atoms with Crippen LogP contribution in [0.4, 0.5) is 0 Å². The first-order valence-corrected chi connectivity index (χ1v) is 16.6. The molecule has 2 unspecified atom stereocenters. The van der Waals surface area contributed by atoms with Gasteiger partial charge in [0.2, 0.25) is 0 Å². The van der Waals surface area contributed by atoms with Crippen LogP contribution in [-0.2, 0) is 50.6 Å². The predicted octanol–water partition coefficient (Wildman–Crippen LogP) is 7.29. The fraction of sp³-hybridized carbons (Fsp3) is 0.586. The summed E-state index contributed by atoms with van der Waals surface area (Å²) in [6.45, 7) is 14.6. The third-order valence-electron chi connectivity index (χ3n) is 7.12. The molecular formula is C29H46Cl2CoN3. The number of nitrogens with zero attached hydrogens (tertiary/aromatic N) is 1. The summed E-state index contributed by atoms with van der Waals surface area (Å²) >= 11 is -1.29. The molecule has 0 saturated carbocycles. The number of halogens is 2. The van der Waals surface area contributed by atoms with E-state index in [-0.39, 0.29) is 12.1 Å². The molecule has 0 aliphatic carbocycles. The van der Waals surface area contributed by atoms with E-state index in [2.05, 4.69) is 69.8 Å². The zero-order valence-electron chi connectivity index (χ0n) is 22.5. The Morgan fingerprint density at radius 3 is 1.34 bits per heavy atom. The molecule has 6 heteroatoms. The topological polar surface area (TPSA) is 55.3 Å². The Hall–Kier alpha value is -0.594. The van der Waals surface area contributed by atoms with Gasteiger partial charge in [-0.1, -0.05) is 0 Å². The second-order valence-electron chi connectivity index (χ2n) is 9.28. The van der Waals surface area contributed by atoms with E-state index < -0.39 is 12.1 Å². The van der Waals surface area contributed by atoms with Crippen molar-refractivity contribution in [2.75, 3.05) is 13.1 Å². The van der Waals surface area contributed by atoms with E-state index in [1.165, 1.54) is 44.5 Å². The zero-order chi connectivity index (χ0) is 26.1. The maximum atomic E-state index is 6.84. The van der Waals surface area contributed by atoms with Crippen LogP contribution in [0.3, 0.4) is 0 Å². The Bertz CT molecular complexity index is 898. The van der Waals surface area contributed by atoms with Crippen LogP contribution in [0.15, 0.2) is 24.3 Å². The van der Waals surface area contributed by atoms with Gasteiger partial charge in [-0.2, -0.15) is 0 Å². The first-order chi connectivity index (χ1) is 16.7. The summed E-state index contributed by atoms with van der Waals surface area (Å²) in [7, 11) is 13.0. The van der Waals surface area contributed by atoms with Crippen LogP contribution >= 0.6 is 20.3 Å². The van der Waals surface area contributed by atoms with E-state index >= 15 is 0 Å². The molecule has 0 spiro atoms. The van der Waals surface area contributed by atoms with Crippen molar-refractivity contribution < 1.29 is 12.1 Å². The first kappa shape index (κ1) is 30.6. The molecular weight excluding hydrogens is 520 g/mol. The molecule has 0 radical (unpaired) electrons. The van der Waals surface area contributed by atoms with Gasteiger partial charge in [0.15, 0.2) is 0 Å². The summed E-state index contributed by atoms with van der Waals surface area (Å²) in [4.78, 5) is 0. The summed E-state index contributed by atoms with van der Waals surface area (Å²) in [5.74, 6) is 0.